The number of alkyl halides is 3. The number of para-hydroxylation sites is 1. The lowest BCUT2D eigenvalue weighted by atomic mass is 9.95. The summed E-state index contributed by atoms with van der Waals surface area (Å²) in [5, 5.41) is 3.85. The molecule has 4 saturated heterocycles. The highest BCUT2D eigenvalue weighted by Gasteiger charge is 2.50. The molecule has 0 saturated carbocycles. The minimum absolute atomic E-state index is 0.0456. The Morgan fingerprint density at radius 1 is 1.20 bits per heavy atom. The van der Waals surface area contributed by atoms with Crippen LogP contribution in [0.5, 0.6) is 11.8 Å². The van der Waals surface area contributed by atoms with E-state index in [2.05, 4.69) is 25.1 Å². The maximum absolute atomic E-state index is 17.1. The number of fused-ring (bicyclic) bond motifs is 7. The molecule has 3 unspecified atom stereocenters. The average Bonchev–Trinajstić information content (AvgIpc) is 3.74. The van der Waals surface area contributed by atoms with Crippen LogP contribution in [0.3, 0.4) is 0 Å². The highest BCUT2D eigenvalue weighted by Crippen LogP contribution is 2.51. The van der Waals surface area contributed by atoms with E-state index < -0.39 is 30.0 Å². The lowest BCUT2D eigenvalue weighted by Gasteiger charge is -2.40. The molecule has 15 heteroatoms. The predicted octanol–water partition coefficient (Wildman–Crippen LogP) is 5.07. The molecule has 0 spiro atoms. The van der Waals surface area contributed by atoms with E-state index in [1.54, 1.807) is 6.07 Å². The molecule has 0 amide bonds. The van der Waals surface area contributed by atoms with E-state index in [1.165, 1.54) is 12.1 Å². The van der Waals surface area contributed by atoms with Crippen LogP contribution in [0.2, 0.25) is 5.02 Å². The minimum Gasteiger partial charge on any atom is -0.489 e. The van der Waals surface area contributed by atoms with Crippen LogP contribution in [0.15, 0.2) is 18.2 Å². The zero-order valence-electron chi connectivity index (χ0n) is 24.7. The molecule has 3 N–H and O–H groups in total. The van der Waals surface area contributed by atoms with Gasteiger partial charge in [0.25, 0.3) is 0 Å². The molecule has 5 aliphatic rings. The maximum atomic E-state index is 17.1. The van der Waals surface area contributed by atoms with E-state index >= 15 is 4.39 Å². The Hall–Kier alpha value is -3.62. The number of ether oxygens (including phenoxy) is 2. The smallest absolute Gasteiger partial charge is 0.321 e. The van der Waals surface area contributed by atoms with Crippen LogP contribution in [0.4, 0.5) is 29.3 Å². The number of nitrogens with one attached hydrogen (secondary N) is 1. The van der Waals surface area contributed by atoms with Crippen molar-refractivity contribution in [2.45, 2.75) is 68.5 Å². The molecule has 10 nitrogen and oxygen atoms in total. The van der Waals surface area contributed by atoms with Crippen molar-refractivity contribution in [3.8, 4) is 22.9 Å². The quantitative estimate of drug-likeness (QED) is 0.284. The maximum Gasteiger partial charge on any atom is 0.321 e. The second-order valence-electron chi connectivity index (χ2n) is 13.1. The van der Waals surface area contributed by atoms with Crippen molar-refractivity contribution in [2.75, 3.05) is 43.5 Å². The number of nitrogens with zero attached hydrogens (tertiary/aromatic N) is 6. The van der Waals surface area contributed by atoms with Crippen molar-refractivity contribution in [2.24, 2.45) is 0 Å². The number of nitrogen functional groups attached to an aromatic ring is 1. The van der Waals surface area contributed by atoms with Gasteiger partial charge in [-0.25, -0.2) is 13.8 Å². The van der Waals surface area contributed by atoms with E-state index in [9.17, 15) is 13.2 Å². The van der Waals surface area contributed by atoms with Crippen LogP contribution in [0.1, 0.15) is 38.7 Å². The molecule has 0 aliphatic carbocycles. The molecule has 0 radical (unpaired) electrons. The highest BCUT2D eigenvalue weighted by atomic mass is 35.5. The molecule has 5 aliphatic heterocycles. The minimum atomic E-state index is -3.03. The molecule has 242 valence electrons. The van der Waals surface area contributed by atoms with E-state index in [4.69, 9.17) is 31.8 Å². The Kier molecular flexibility index (Phi) is 6.33. The van der Waals surface area contributed by atoms with Crippen molar-refractivity contribution in [1.29, 1.82) is 0 Å². The topological polar surface area (TPSA) is 107 Å². The fourth-order valence-corrected chi connectivity index (χ4v) is 8.93. The molecule has 2 aromatic heterocycles. The van der Waals surface area contributed by atoms with Gasteiger partial charge in [0.1, 0.15) is 30.7 Å². The van der Waals surface area contributed by atoms with Crippen LogP contribution in [0, 0.1) is 5.82 Å². The zero-order chi connectivity index (χ0) is 31.5. The van der Waals surface area contributed by atoms with Gasteiger partial charge in [-0.2, -0.15) is 18.7 Å². The fraction of sp³-hybridized carbons (Fsp3) is 0.516. The predicted molar refractivity (Wildman–Crippen MR) is 164 cm³/mol. The summed E-state index contributed by atoms with van der Waals surface area (Å²) < 4.78 is 73.3. The molecule has 4 aromatic rings. The monoisotopic (exact) mass is 658 g/mol. The molecule has 4 fully saturated rings. The van der Waals surface area contributed by atoms with Gasteiger partial charge in [0.15, 0.2) is 11.6 Å². The summed E-state index contributed by atoms with van der Waals surface area (Å²) >= 11 is 7.01. The van der Waals surface area contributed by atoms with Crippen molar-refractivity contribution < 1.29 is 27.0 Å². The average molecular weight is 659 g/mol. The number of anilines is 2. The van der Waals surface area contributed by atoms with Gasteiger partial charge in [-0.3, -0.25) is 9.47 Å². The van der Waals surface area contributed by atoms with Crippen LogP contribution < -0.4 is 25.4 Å². The number of rotatable bonds is 5. The van der Waals surface area contributed by atoms with Gasteiger partial charge in [-0.1, -0.05) is 23.7 Å². The van der Waals surface area contributed by atoms with E-state index in [-0.39, 0.29) is 75.8 Å². The van der Waals surface area contributed by atoms with Gasteiger partial charge in [-0.15, -0.1) is 0 Å². The number of halogens is 5. The standard InChI is InChI=1S/C31H31ClF4N8O2/c32-22-20(16-3-1-4-18-25(16)44(28(35)36)29(37)39-18)23(34)24-21-26(22)45-12-19-17-6-5-15(38-17)11-43(19)27(21)41-30(40-24)46-13-31-7-2-8-42(31)10-14(33)9-31/h1,3-4,14-15,17,19,28,38H,2,5-13H2,(H2,37,39)/t14-,15?,17?,19?,31+/m1/s1. The van der Waals surface area contributed by atoms with Crippen molar-refractivity contribution in [3.05, 3.63) is 29.0 Å². The van der Waals surface area contributed by atoms with Crippen LogP contribution >= 0.6 is 11.6 Å². The fourth-order valence-electron chi connectivity index (χ4n) is 8.60. The number of hydrogen-bond acceptors (Lipinski definition) is 9. The molecule has 7 heterocycles. The van der Waals surface area contributed by atoms with E-state index in [0.29, 0.717) is 35.3 Å². The lowest BCUT2D eigenvalue weighted by molar-refractivity contribution is 0.0771. The summed E-state index contributed by atoms with van der Waals surface area (Å²) in [6.07, 6.45) is 3.07. The van der Waals surface area contributed by atoms with E-state index in [1.807, 2.05) is 0 Å². The first-order chi connectivity index (χ1) is 22.2. The van der Waals surface area contributed by atoms with Gasteiger partial charge in [0.05, 0.1) is 33.0 Å². The Morgan fingerprint density at radius 2 is 2.07 bits per heavy atom. The van der Waals surface area contributed by atoms with Gasteiger partial charge < -0.3 is 25.4 Å². The number of imidazole rings is 1. The summed E-state index contributed by atoms with van der Waals surface area (Å²) in [4.78, 5) is 17.8. The largest absolute Gasteiger partial charge is 0.489 e. The summed E-state index contributed by atoms with van der Waals surface area (Å²) in [6.45, 7) is -0.870. The third-order valence-electron chi connectivity index (χ3n) is 10.6. The molecule has 5 atom stereocenters. The van der Waals surface area contributed by atoms with Crippen LogP contribution in [-0.4, -0.2) is 87.1 Å². The summed E-state index contributed by atoms with van der Waals surface area (Å²) in [6, 6.07) is 4.76. The third kappa shape index (κ3) is 4.05. The number of benzene rings is 2. The molecular formula is C31H31ClF4N8O2. The van der Waals surface area contributed by atoms with Crippen molar-refractivity contribution >= 4 is 45.3 Å². The number of piperazine rings is 1. The lowest BCUT2D eigenvalue weighted by Crippen LogP contribution is -2.60. The van der Waals surface area contributed by atoms with Crippen molar-refractivity contribution in [1.82, 2.24) is 29.7 Å². The Labute approximate surface area is 265 Å². The highest BCUT2D eigenvalue weighted by molar-refractivity contribution is 6.37. The summed E-state index contributed by atoms with van der Waals surface area (Å²) in [5.74, 6) is -0.633. The SMILES string of the molecule is Nc1nc2cccc(-c3c(Cl)c4c5c(nc(OC[C@@]67CCCN6C[C@H](F)C7)nc5c3F)N3CC5CCC(N5)C3CO4)c2n1C(F)F. The zero-order valence-corrected chi connectivity index (χ0v) is 25.4. The first-order valence-electron chi connectivity index (χ1n) is 15.7. The summed E-state index contributed by atoms with van der Waals surface area (Å²) in [5.41, 5.74) is 5.29. The molecule has 2 bridgehead atoms. The molecular weight excluding hydrogens is 628 g/mol. The van der Waals surface area contributed by atoms with Crippen LogP contribution in [0.25, 0.3) is 33.1 Å². The molecule has 9 rings (SSSR count). The Bertz CT molecular complexity index is 1910. The third-order valence-corrected chi connectivity index (χ3v) is 11.0. The number of hydrogen-bond donors (Lipinski definition) is 2. The van der Waals surface area contributed by atoms with Gasteiger partial charge >= 0.3 is 12.6 Å². The van der Waals surface area contributed by atoms with Crippen LogP contribution in [-0.2, 0) is 0 Å². The number of nitrogens with two attached hydrogens (primary N) is 1. The normalized spacial score (nSPS) is 28.6. The van der Waals surface area contributed by atoms with Gasteiger partial charge in [0, 0.05) is 42.7 Å². The first-order valence-corrected chi connectivity index (χ1v) is 16.1. The first kappa shape index (κ1) is 28.6. The molecule has 2 aromatic carbocycles. The van der Waals surface area contributed by atoms with Gasteiger partial charge in [-0.05, 0) is 38.3 Å². The van der Waals surface area contributed by atoms with E-state index in [0.717, 1.165) is 32.2 Å². The Morgan fingerprint density at radius 3 is 2.91 bits per heavy atom. The van der Waals surface area contributed by atoms with Crippen molar-refractivity contribution in [3.63, 3.8) is 0 Å². The second-order valence-corrected chi connectivity index (χ2v) is 13.5. The number of aromatic nitrogens is 4. The second kappa shape index (κ2) is 10.2. The Balaban J connectivity index is 1.25. The summed E-state index contributed by atoms with van der Waals surface area (Å²) in [7, 11) is 0. The molecule has 46 heavy (non-hydrogen) atoms. The van der Waals surface area contributed by atoms with Gasteiger partial charge in [0.2, 0.25) is 5.95 Å².